The maximum absolute atomic E-state index is 12.0. The van der Waals surface area contributed by atoms with Crippen molar-refractivity contribution in [3.8, 4) is 0 Å². The molecule has 0 fully saturated rings. The van der Waals surface area contributed by atoms with Gasteiger partial charge in [-0.1, -0.05) is 12.1 Å². The molecule has 0 saturated carbocycles. The fraction of sp³-hybridized carbons (Fsp3) is 0.312. The lowest BCUT2D eigenvalue weighted by Gasteiger charge is -2.19. The van der Waals surface area contributed by atoms with Gasteiger partial charge in [0.1, 0.15) is 10.5 Å². The van der Waals surface area contributed by atoms with Crippen molar-refractivity contribution in [2.24, 2.45) is 0 Å². The molecule has 24 heavy (non-hydrogen) atoms. The molecule has 0 radical (unpaired) electrons. The van der Waals surface area contributed by atoms with E-state index >= 15 is 0 Å². The molecule has 0 aliphatic heterocycles. The minimum atomic E-state index is -0.524. The van der Waals surface area contributed by atoms with Gasteiger partial charge in [-0.05, 0) is 54.4 Å². The second-order valence-electron chi connectivity index (χ2n) is 5.98. The van der Waals surface area contributed by atoms with Crippen LogP contribution in [0.2, 0.25) is 0 Å². The molecule has 0 bridgehead atoms. The molecule has 128 valence electrons. The van der Waals surface area contributed by atoms with Crippen molar-refractivity contribution in [3.05, 3.63) is 44.8 Å². The van der Waals surface area contributed by atoms with E-state index in [1.807, 2.05) is 32.9 Å². The number of thiazole rings is 1. The molecule has 2 aromatic rings. The molecule has 0 saturated heterocycles. The number of carbonyl (C=O) groups excluding carboxylic acids is 2. The maximum Gasteiger partial charge on any atom is 0.407 e. The highest BCUT2D eigenvalue weighted by molar-refractivity contribution is 9.11. The molecule has 6 nitrogen and oxygen atoms in total. The van der Waals surface area contributed by atoms with Gasteiger partial charge >= 0.3 is 6.09 Å². The number of alkyl carbamates (subject to hydrolysis) is 1. The van der Waals surface area contributed by atoms with Gasteiger partial charge in [-0.2, -0.15) is 0 Å². The first kappa shape index (κ1) is 18.4. The standard InChI is InChI=1S/C16H18BrN3O3S/c1-16(2,3)23-15(22)19-8-10-4-6-11(7-5-10)20-13(21)12-9-18-14(17)24-12/h4-7,9H,8H2,1-3H3,(H,19,22)(H,20,21). The van der Waals surface area contributed by atoms with Gasteiger partial charge in [-0.3, -0.25) is 4.79 Å². The van der Waals surface area contributed by atoms with Crippen LogP contribution in [0.1, 0.15) is 36.0 Å². The first-order valence-electron chi connectivity index (χ1n) is 7.21. The molecule has 1 heterocycles. The minimum Gasteiger partial charge on any atom is -0.444 e. The lowest BCUT2D eigenvalue weighted by molar-refractivity contribution is 0.0523. The van der Waals surface area contributed by atoms with E-state index in [9.17, 15) is 9.59 Å². The van der Waals surface area contributed by atoms with Crippen molar-refractivity contribution in [1.82, 2.24) is 10.3 Å². The lowest BCUT2D eigenvalue weighted by atomic mass is 10.2. The summed E-state index contributed by atoms with van der Waals surface area (Å²) in [7, 11) is 0. The molecule has 2 amide bonds. The van der Waals surface area contributed by atoms with Crippen molar-refractivity contribution in [1.29, 1.82) is 0 Å². The van der Waals surface area contributed by atoms with E-state index in [-0.39, 0.29) is 5.91 Å². The summed E-state index contributed by atoms with van der Waals surface area (Å²) in [5.74, 6) is -0.210. The van der Waals surface area contributed by atoms with Crippen molar-refractivity contribution < 1.29 is 14.3 Å². The Bertz CT molecular complexity index is 723. The lowest BCUT2D eigenvalue weighted by Crippen LogP contribution is -2.32. The fourth-order valence-electron chi connectivity index (χ4n) is 1.74. The number of benzene rings is 1. The van der Waals surface area contributed by atoms with E-state index in [1.54, 1.807) is 12.1 Å². The summed E-state index contributed by atoms with van der Waals surface area (Å²) in [5, 5.41) is 5.48. The van der Waals surface area contributed by atoms with Crippen LogP contribution in [-0.4, -0.2) is 22.6 Å². The van der Waals surface area contributed by atoms with Crippen LogP contribution in [0.15, 0.2) is 34.4 Å². The van der Waals surface area contributed by atoms with E-state index in [4.69, 9.17) is 4.74 Å². The predicted molar refractivity (Wildman–Crippen MR) is 97.3 cm³/mol. The SMILES string of the molecule is CC(C)(C)OC(=O)NCc1ccc(NC(=O)c2cnc(Br)s2)cc1. The number of hydrogen-bond acceptors (Lipinski definition) is 5. The Balaban J connectivity index is 1.86. The molecule has 0 aliphatic rings. The summed E-state index contributed by atoms with van der Waals surface area (Å²) in [4.78, 5) is 28.1. The van der Waals surface area contributed by atoms with Gasteiger partial charge < -0.3 is 15.4 Å². The summed E-state index contributed by atoms with van der Waals surface area (Å²) in [6.45, 7) is 5.79. The normalized spacial score (nSPS) is 11.0. The maximum atomic E-state index is 12.0. The van der Waals surface area contributed by atoms with Gasteiger partial charge in [0.2, 0.25) is 0 Å². The third kappa shape index (κ3) is 5.93. The fourth-order valence-corrected chi connectivity index (χ4v) is 2.91. The monoisotopic (exact) mass is 411 g/mol. The Morgan fingerprint density at radius 2 is 1.92 bits per heavy atom. The van der Waals surface area contributed by atoms with Gasteiger partial charge in [-0.25, -0.2) is 9.78 Å². The first-order chi connectivity index (χ1) is 11.2. The molecule has 1 aromatic heterocycles. The van der Waals surface area contributed by atoms with Gasteiger partial charge in [0.15, 0.2) is 3.92 Å². The number of nitrogens with one attached hydrogen (secondary N) is 2. The Labute approximate surface area is 152 Å². The van der Waals surface area contributed by atoms with Gasteiger partial charge in [0, 0.05) is 12.2 Å². The third-order valence-corrected chi connectivity index (χ3v) is 4.22. The molecule has 0 spiro atoms. The highest BCUT2D eigenvalue weighted by Crippen LogP contribution is 2.20. The smallest absolute Gasteiger partial charge is 0.407 e. The molecule has 2 N–H and O–H groups in total. The number of hydrogen-bond donors (Lipinski definition) is 2. The van der Waals surface area contributed by atoms with Crippen LogP contribution in [0.3, 0.4) is 0 Å². The minimum absolute atomic E-state index is 0.210. The Morgan fingerprint density at radius 1 is 1.25 bits per heavy atom. The molecule has 0 aliphatic carbocycles. The summed E-state index contributed by atoms with van der Waals surface area (Å²) < 4.78 is 5.83. The quantitative estimate of drug-likeness (QED) is 0.790. The van der Waals surface area contributed by atoms with Crippen LogP contribution < -0.4 is 10.6 Å². The summed E-state index contributed by atoms with van der Waals surface area (Å²) in [6, 6.07) is 7.21. The van der Waals surface area contributed by atoms with Crippen molar-refractivity contribution in [3.63, 3.8) is 0 Å². The van der Waals surface area contributed by atoms with Crippen LogP contribution in [0.5, 0.6) is 0 Å². The van der Waals surface area contributed by atoms with E-state index < -0.39 is 11.7 Å². The highest BCUT2D eigenvalue weighted by atomic mass is 79.9. The molecule has 1 aromatic carbocycles. The molecular formula is C16H18BrN3O3S. The number of ether oxygens (including phenoxy) is 1. The Hall–Kier alpha value is -1.93. The summed E-state index contributed by atoms with van der Waals surface area (Å²) in [5.41, 5.74) is 1.05. The molecule has 0 unspecified atom stereocenters. The van der Waals surface area contributed by atoms with Crippen molar-refractivity contribution in [2.45, 2.75) is 32.9 Å². The van der Waals surface area contributed by atoms with Crippen LogP contribution in [0.25, 0.3) is 0 Å². The summed E-state index contributed by atoms with van der Waals surface area (Å²) in [6.07, 6.45) is 1.05. The zero-order valence-corrected chi connectivity index (χ0v) is 16.0. The number of nitrogens with zero attached hydrogens (tertiary/aromatic N) is 1. The van der Waals surface area contributed by atoms with E-state index in [2.05, 4.69) is 31.5 Å². The Kier molecular flexibility index (Phi) is 5.95. The van der Waals surface area contributed by atoms with E-state index in [1.165, 1.54) is 17.5 Å². The Morgan fingerprint density at radius 3 is 2.46 bits per heavy atom. The first-order valence-corrected chi connectivity index (χ1v) is 8.82. The number of amides is 2. The molecule has 2 rings (SSSR count). The second kappa shape index (κ2) is 7.76. The number of halogens is 1. The zero-order chi connectivity index (χ0) is 17.7. The highest BCUT2D eigenvalue weighted by Gasteiger charge is 2.15. The largest absolute Gasteiger partial charge is 0.444 e. The second-order valence-corrected chi connectivity index (χ2v) is 8.29. The summed E-state index contributed by atoms with van der Waals surface area (Å²) >= 11 is 4.49. The number of carbonyl (C=O) groups is 2. The van der Waals surface area contributed by atoms with Gasteiger partial charge in [-0.15, -0.1) is 11.3 Å². The number of anilines is 1. The van der Waals surface area contributed by atoms with Gasteiger partial charge in [0.05, 0.1) is 6.20 Å². The van der Waals surface area contributed by atoms with E-state index in [0.29, 0.717) is 21.0 Å². The van der Waals surface area contributed by atoms with Crippen molar-refractivity contribution in [2.75, 3.05) is 5.32 Å². The van der Waals surface area contributed by atoms with Crippen LogP contribution in [0, 0.1) is 0 Å². The van der Waals surface area contributed by atoms with Crippen molar-refractivity contribution >= 4 is 45.0 Å². The van der Waals surface area contributed by atoms with Crippen LogP contribution in [0.4, 0.5) is 10.5 Å². The average molecular weight is 412 g/mol. The van der Waals surface area contributed by atoms with Crippen LogP contribution in [-0.2, 0) is 11.3 Å². The zero-order valence-electron chi connectivity index (χ0n) is 13.6. The molecular weight excluding hydrogens is 394 g/mol. The van der Waals surface area contributed by atoms with Gasteiger partial charge in [0.25, 0.3) is 5.91 Å². The predicted octanol–water partition coefficient (Wildman–Crippen LogP) is 4.18. The topological polar surface area (TPSA) is 80.3 Å². The number of aromatic nitrogens is 1. The molecule has 0 atom stereocenters. The average Bonchev–Trinajstić information content (AvgIpc) is 2.91. The third-order valence-electron chi connectivity index (χ3n) is 2.75. The number of rotatable bonds is 4. The van der Waals surface area contributed by atoms with E-state index in [0.717, 1.165) is 5.56 Å². The van der Waals surface area contributed by atoms with Crippen LogP contribution >= 0.6 is 27.3 Å². The molecule has 8 heteroatoms.